The molecule has 5 heteroatoms. The lowest BCUT2D eigenvalue weighted by Gasteiger charge is -2.29. The van der Waals surface area contributed by atoms with E-state index >= 15 is 0 Å². The standard InChI is InChI=1S/C20H22N2O3/c1-3-25-18-9-6-15(7-10-18)20(24)21-17-8-11-19-16(13-17)5-4-12-22(19)14(2)23/h6-11,13H,3-5,12H2,1-2H3,(H,21,24). The van der Waals surface area contributed by atoms with Crippen molar-refractivity contribution < 1.29 is 14.3 Å². The lowest BCUT2D eigenvalue weighted by atomic mass is 10.0. The van der Waals surface area contributed by atoms with Crippen molar-refractivity contribution in [2.24, 2.45) is 0 Å². The quantitative estimate of drug-likeness (QED) is 0.926. The minimum absolute atomic E-state index is 0.0483. The van der Waals surface area contributed by atoms with Crippen molar-refractivity contribution in [2.75, 3.05) is 23.4 Å². The fourth-order valence-corrected chi connectivity index (χ4v) is 3.07. The number of carbonyl (C=O) groups excluding carboxylic acids is 2. The van der Waals surface area contributed by atoms with Gasteiger partial charge in [0.15, 0.2) is 0 Å². The SMILES string of the molecule is CCOc1ccc(C(=O)Nc2ccc3c(c2)CCCN3C(C)=O)cc1. The minimum Gasteiger partial charge on any atom is -0.494 e. The van der Waals surface area contributed by atoms with Crippen LogP contribution in [0.1, 0.15) is 36.2 Å². The second kappa shape index (κ2) is 7.38. The highest BCUT2D eigenvalue weighted by molar-refractivity contribution is 6.04. The number of nitrogens with one attached hydrogen (secondary N) is 1. The number of nitrogens with zero attached hydrogens (tertiary/aromatic N) is 1. The lowest BCUT2D eigenvalue weighted by molar-refractivity contribution is -0.116. The maximum Gasteiger partial charge on any atom is 0.255 e. The molecule has 0 aliphatic carbocycles. The van der Waals surface area contributed by atoms with Gasteiger partial charge in [-0.15, -0.1) is 0 Å². The molecule has 0 saturated heterocycles. The molecule has 1 aliphatic heterocycles. The molecular formula is C20H22N2O3. The highest BCUT2D eigenvalue weighted by Gasteiger charge is 2.20. The summed E-state index contributed by atoms with van der Waals surface area (Å²) in [6.45, 7) is 4.85. The first-order valence-corrected chi connectivity index (χ1v) is 8.53. The Labute approximate surface area is 147 Å². The van der Waals surface area contributed by atoms with Gasteiger partial charge in [0.1, 0.15) is 5.75 Å². The number of aryl methyl sites for hydroxylation is 1. The van der Waals surface area contributed by atoms with Crippen molar-refractivity contribution in [1.82, 2.24) is 0 Å². The zero-order valence-corrected chi connectivity index (χ0v) is 14.5. The van der Waals surface area contributed by atoms with Crippen LogP contribution in [0.4, 0.5) is 11.4 Å². The van der Waals surface area contributed by atoms with E-state index in [0.29, 0.717) is 12.2 Å². The van der Waals surface area contributed by atoms with Gasteiger partial charge in [-0.3, -0.25) is 9.59 Å². The Morgan fingerprint density at radius 3 is 2.60 bits per heavy atom. The van der Waals surface area contributed by atoms with Gasteiger partial charge in [0.05, 0.1) is 6.61 Å². The van der Waals surface area contributed by atoms with E-state index in [2.05, 4.69) is 5.32 Å². The third-order valence-corrected chi connectivity index (χ3v) is 4.26. The van der Waals surface area contributed by atoms with E-state index < -0.39 is 0 Å². The fourth-order valence-electron chi connectivity index (χ4n) is 3.07. The van der Waals surface area contributed by atoms with Gasteiger partial charge in [-0.1, -0.05) is 0 Å². The summed E-state index contributed by atoms with van der Waals surface area (Å²) in [4.78, 5) is 25.9. The minimum atomic E-state index is -0.165. The number of anilines is 2. The van der Waals surface area contributed by atoms with Crippen molar-refractivity contribution >= 4 is 23.2 Å². The monoisotopic (exact) mass is 338 g/mol. The maximum atomic E-state index is 12.4. The average molecular weight is 338 g/mol. The third kappa shape index (κ3) is 3.82. The molecule has 0 unspecified atom stereocenters. The van der Waals surface area contributed by atoms with Crippen LogP contribution >= 0.6 is 0 Å². The van der Waals surface area contributed by atoms with Crippen LogP contribution in [0, 0.1) is 0 Å². The Bertz CT molecular complexity index is 784. The molecule has 2 aromatic rings. The summed E-state index contributed by atoms with van der Waals surface area (Å²) in [6.07, 6.45) is 1.84. The van der Waals surface area contributed by atoms with Gasteiger partial charge in [-0.25, -0.2) is 0 Å². The first kappa shape index (κ1) is 17.0. The summed E-state index contributed by atoms with van der Waals surface area (Å²) in [7, 11) is 0. The van der Waals surface area contributed by atoms with Gasteiger partial charge in [0.2, 0.25) is 5.91 Å². The number of benzene rings is 2. The molecule has 1 aliphatic rings. The van der Waals surface area contributed by atoms with Crippen LogP contribution in [-0.4, -0.2) is 25.0 Å². The number of amides is 2. The summed E-state index contributed by atoms with van der Waals surface area (Å²) in [5.74, 6) is 0.631. The molecule has 0 bridgehead atoms. The number of carbonyl (C=O) groups is 2. The van der Waals surface area contributed by atoms with Crippen molar-refractivity contribution in [2.45, 2.75) is 26.7 Å². The maximum absolute atomic E-state index is 12.4. The van der Waals surface area contributed by atoms with E-state index in [1.165, 1.54) is 0 Å². The van der Waals surface area contributed by atoms with Gasteiger partial charge in [0, 0.05) is 30.4 Å². The van der Waals surface area contributed by atoms with Crippen LogP contribution in [0.3, 0.4) is 0 Å². The molecule has 3 rings (SSSR count). The van der Waals surface area contributed by atoms with Crippen LogP contribution in [0.15, 0.2) is 42.5 Å². The Kier molecular flexibility index (Phi) is 5.03. The van der Waals surface area contributed by atoms with Gasteiger partial charge in [0.25, 0.3) is 5.91 Å². The lowest BCUT2D eigenvalue weighted by Crippen LogP contribution is -2.33. The predicted molar refractivity (Wildman–Crippen MR) is 98.4 cm³/mol. The number of ether oxygens (including phenoxy) is 1. The summed E-state index contributed by atoms with van der Waals surface area (Å²) in [5.41, 5.74) is 3.35. The van der Waals surface area contributed by atoms with E-state index in [4.69, 9.17) is 4.74 Å². The Balaban J connectivity index is 1.74. The van der Waals surface area contributed by atoms with Crippen molar-refractivity contribution in [3.8, 4) is 5.75 Å². The van der Waals surface area contributed by atoms with Crippen LogP contribution in [0.2, 0.25) is 0 Å². The largest absolute Gasteiger partial charge is 0.494 e. The Morgan fingerprint density at radius 1 is 1.16 bits per heavy atom. The van der Waals surface area contributed by atoms with E-state index in [0.717, 1.165) is 42.1 Å². The number of fused-ring (bicyclic) bond motifs is 1. The number of rotatable bonds is 4. The van der Waals surface area contributed by atoms with E-state index in [1.54, 1.807) is 36.1 Å². The topological polar surface area (TPSA) is 58.6 Å². The summed E-state index contributed by atoms with van der Waals surface area (Å²) in [5, 5.41) is 2.92. The molecule has 0 saturated carbocycles. The molecule has 2 aromatic carbocycles. The normalized spacial score (nSPS) is 13.1. The first-order chi connectivity index (χ1) is 12.1. The van der Waals surface area contributed by atoms with Crippen LogP contribution < -0.4 is 15.0 Å². The third-order valence-electron chi connectivity index (χ3n) is 4.26. The highest BCUT2D eigenvalue weighted by atomic mass is 16.5. The number of hydrogen-bond acceptors (Lipinski definition) is 3. The van der Waals surface area contributed by atoms with Crippen molar-refractivity contribution in [3.05, 3.63) is 53.6 Å². The van der Waals surface area contributed by atoms with E-state index in [9.17, 15) is 9.59 Å². The smallest absolute Gasteiger partial charge is 0.255 e. The van der Waals surface area contributed by atoms with E-state index in [-0.39, 0.29) is 11.8 Å². The predicted octanol–water partition coefficient (Wildman–Crippen LogP) is 3.64. The number of hydrogen-bond donors (Lipinski definition) is 1. The highest BCUT2D eigenvalue weighted by Crippen LogP contribution is 2.30. The second-order valence-electron chi connectivity index (χ2n) is 6.03. The molecular weight excluding hydrogens is 316 g/mol. The van der Waals surface area contributed by atoms with Crippen molar-refractivity contribution in [3.63, 3.8) is 0 Å². The molecule has 130 valence electrons. The van der Waals surface area contributed by atoms with Crippen molar-refractivity contribution in [1.29, 1.82) is 0 Å². The molecule has 1 heterocycles. The Morgan fingerprint density at radius 2 is 1.92 bits per heavy atom. The molecule has 25 heavy (non-hydrogen) atoms. The summed E-state index contributed by atoms with van der Waals surface area (Å²) in [6, 6.07) is 12.8. The van der Waals surface area contributed by atoms with Crippen LogP contribution in [0.5, 0.6) is 5.75 Å². The molecule has 1 N–H and O–H groups in total. The van der Waals surface area contributed by atoms with Gasteiger partial charge < -0.3 is 15.0 Å². The average Bonchev–Trinajstić information content (AvgIpc) is 2.61. The molecule has 0 aromatic heterocycles. The van der Waals surface area contributed by atoms with Gasteiger partial charge in [-0.05, 0) is 67.8 Å². The molecule has 0 fully saturated rings. The molecule has 0 spiro atoms. The summed E-state index contributed by atoms with van der Waals surface area (Å²) < 4.78 is 5.39. The first-order valence-electron chi connectivity index (χ1n) is 8.53. The fraction of sp³-hybridized carbons (Fsp3) is 0.300. The molecule has 5 nitrogen and oxygen atoms in total. The van der Waals surface area contributed by atoms with E-state index in [1.807, 2.05) is 25.1 Å². The van der Waals surface area contributed by atoms with Crippen LogP contribution in [0.25, 0.3) is 0 Å². The summed E-state index contributed by atoms with van der Waals surface area (Å²) >= 11 is 0. The Hall–Kier alpha value is -2.82. The zero-order chi connectivity index (χ0) is 17.8. The zero-order valence-electron chi connectivity index (χ0n) is 14.5. The van der Waals surface area contributed by atoms with Crippen LogP contribution in [-0.2, 0) is 11.2 Å². The molecule has 2 amide bonds. The van der Waals surface area contributed by atoms with Gasteiger partial charge in [-0.2, -0.15) is 0 Å². The van der Waals surface area contributed by atoms with Gasteiger partial charge >= 0.3 is 0 Å². The molecule has 0 atom stereocenters. The second-order valence-corrected chi connectivity index (χ2v) is 6.03. The molecule has 0 radical (unpaired) electrons.